The zero-order valence-corrected chi connectivity index (χ0v) is 18.1. The second-order valence-corrected chi connectivity index (χ2v) is 8.46. The number of hydrogen-bond donors (Lipinski definition) is 3. The topological polar surface area (TPSA) is 109 Å². The fourth-order valence-corrected chi connectivity index (χ4v) is 3.85. The van der Waals surface area contributed by atoms with E-state index in [1.54, 1.807) is 55.8 Å². The Hall–Kier alpha value is -3.43. The number of pyridine rings is 1. The molecule has 3 aromatic rings. The van der Waals surface area contributed by atoms with E-state index < -0.39 is 10.0 Å². The first-order chi connectivity index (χ1) is 14.9. The van der Waals surface area contributed by atoms with E-state index in [9.17, 15) is 13.2 Å². The first kappa shape index (κ1) is 22.3. The minimum absolute atomic E-state index is 0.0531. The fraction of sp³-hybridized carbons (Fsp3) is 0.182. The van der Waals surface area contributed by atoms with Crippen LogP contribution in [0.5, 0.6) is 5.75 Å². The molecule has 31 heavy (non-hydrogen) atoms. The number of aryl methyl sites for hydroxylation is 1. The highest BCUT2D eigenvalue weighted by Gasteiger charge is 2.15. The molecule has 0 atom stereocenters. The number of carbonyl (C=O) groups excluding carboxylic acids is 1. The second-order valence-electron chi connectivity index (χ2n) is 6.69. The number of nitrogens with one attached hydrogen (secondary N) is 3. The van der Waals surface area contributed by atoms with Gasteiger partial charge in [-0.15, -0.1) is 0 Å². The molecule has 2 aromatic carbocycles. The van der Waals surface area contributed by atoms with Crippen LogP contribution in [0.3, 0.4) is 0 Å². The van der Waals surface area contributed by atoms with Gasteiger partial charge in [-0.1, -0.05) is 29.8 Å². The maximum absolute atomic E-state index is 12.6. The average molecular weight is 441 g/mol. The van der Waals surface area contributed by atoms with E-state index in [1.165, 1.54) is 0 Å². The van der Waals surface area contributed by atoms with Crippen molar-refractivity contribution in [2.24, 2.45) is 0 Å². The number of ether oxygens (including phenoxy) is 1. The third-order valence-corrected chi connectivity index (χ3v) is 5.92. The Bertz CT molecular complexity index is 1150. The van der Waals surface area contributed by atoms with Crippen LogP contribution in [0, 0.1) is 6.92 Å². The normalized spacial score (nSPS) is 11.0. The van der Waals surface area contributed by atoms with Gasteiger partial charge in [-0.25, -0.2) is 18.1 Å². The van der Waals surface area contributed by atoms with E-state index in [4.69, 9.17) is 4.74 Å². The second kappa shape index (κ2) is 10.1. The summed E-state index contributed by atoms with van der Waals surface area (Å²) in [4.78, 5) is 17.1. The summed E-state index contributed by atoms with van der Waals surface area (Å²) < 4.78 is 32.4. The lowest BCUT2D eigenvalue weighted by Gasteiger charge is -2.13. The summed E-state index contributed by atoms with van der Waals surface area (Å²) in [5.74, 6) is 0.606. The van der Waals surface area contributed by atoms with Gasteiger partial charge in [0, 0.05) is 19.3 Å². The Morgan fingerprint density at radius 2 is 1.74 bits per heavy atom. The van der Waals surface area contributed by atoms with Crippen LogP contribution in [0.2, 0.25) is 0 Å². The number of para-hydroxylation sites is 2. The third-order valence-electron chi connectivity index (χ3n) is 4.45. The number of carbonyl (C=O) groups is 1. The highest BCUT2D eigenvalue weighted by atomic mass is 32.2. The molecule has 0 aliphatic rings. The van der Waals surface area contributed by atoms with Crippen molar-refractivity contribution in [3.63, 3.8) is 0 Å². The van der Waals surface area contributed by atoms with Crippen LogP contribution in [0.15, 0.2) is 71.8 Å². The maximum atomic E-state index is 12.6. The van der Waals surface area contributed by atoms with Crippen molar-refractivity contribution in [2.45, 2.75) is 11.8 Å². The van der Waals surface area contributed by atoms with Crippen LogP contribution in [0.4, 0.5) is 11.5 Å². The predicted octanol–water partition coefficient (Wildman–Crippen LogP) is 2.85. The molecule has 0 bridgehead atoms. The SMILES string of the molecule is COc1ccccc1Nc1ncccc1C(=O)NCCNS(=O)(=O)c1ccc(C)cc1. The monoisotopic (exact) mass is 440 g/mol. The maximum Gasteiger partial charge on any atom is 0.255 e. The van der Waals surface area contributed by atoms with Crippen LogP contribution in [-0.4, -0.2) is 39.5 Å². The standard InChI is InChI=1S/C22H24N4O4S/c1-16-9-11-17(12-10-16)31(28,29)25-15-14-24-22(27)18-6-5-13-23-21(18)26-19-7-3-4-8-20(19)30-2/h3-13,25H,14-15H2,1-2H3,(H,23,26)(H,24,27). The molecule has 3 rings (SSSR count). The molecule has 0 spiro atoms. The van der Waals surface area contributed by atoms with Gasteiger partial charge in [0.2, 0.25) is 10.0 Å². The van der Waals surface area contributed by atoms with E-state index in [1.807, 2.05) is 25.1 Å². The molecule has 8 nitrogen and oxygen atoms in total. The van der Waals surface area contributed by atoms with Gasteiger partial charge in [0.25, 0.3) is 5.91 Å². The smallest absolute Gasteiger partial charge is 0.255 e. The molecular formula is C22H24N4O4S. The molecule has 0 saturated carbocycles. The van der Waals surface area contributed by atoms with Crippen molar-refractivity contribution in [3.8, 4) is 5.75 Å². The van der Waals surface area contributed by atoms with E-state index in [0.29, 0.717) is 22.8 Å². The summed E-state index contributed by atoms with van der Waals surface area (Å²) in [6.07, 6.45) is 1.57. The van der Waals surface area contributed by atoms with Crippen LogP contribution >= 0.6 is 0 Å². The molecule has 0 aliphatic heterocycles. The van der Waals surface area contributed by atoms with Crippen molar-refractivity contribution in [2.75, 3.05) is 25.5 Å². The Labute approximate surface area is 181 Å². The summed E-state index contributed by atoms with van der Waals surface area (Å²) in [5.41, 5.74) is 1.97. The van der Waals surface area contributed by atoms with Gasteiger partial charge in [-0.2, -0.15) is 0 Å². The van der Waals surface area contributed by atoms with Crippen molar-refractivity contribution in [1.29, 1.82) is 0 Å². The number of sulfonamides is 1. The Balaban J connectivity index is 1.60. The summed E-state index contributed by atoms with van der Waals surface area (Å²) in [5, 5.41) is 5.81. The van der Waals surface area contributed by atoms with E-state index in [2.05, 4.69) is 20.3 Å². The van der Waals surface area contributed by atoms with Gasteiger partial charge in [0.05, 0.1) is 23.3 Å². The highest BCUT2D eigenvalue weighted by Crippen LogP contribution is 2.27. The van der Waals surface area contributed by atoms with Gasteiger partial charge in [-0.3, -0.25) is 4.79 Å². The number of hydrogen-bond acceptors (Lipinski definition) is 6. The Morgan fingerprint density at radius 3 is 2.48 bits per heavy atom. The Morgan fingerprint density at radius 1 is 1.00 bits per heavy atom. The molecule has 0 fully saturated rings. The number of rotatable bonds is 9. The summed E-state index contributed by atoms with van der Waals surface area (Å²) in [6, 6.07) is 17.1. The first-order valence-corrected chi connectivity index (χ1v) is 11.1. The molecule has 0 saturated heterocycles. The van der Waals surface area contributed by atoms with Gasteiger partial charge < -0.3 is 15.4 Å². The zero-order valence-electron chi connectivity index (χ0n) is 17.3. The molecule has 0 radical (unpaired) electrons. The zero-order chi connectivity index (χ0) is 22.3. The highest BCUT2D eigenvalue weighted by molar-refractivity contribution is 7.89. The summed E-state index contributed by atoms with van der Waals surface area (Å²) in [6.45, 7) is 2.05. The molecule has 0 aliphatic carbocycles. The molecule has 9 heteroatoms. The van der Waals surface area contributed by atoms with E-state index in [0.717, 1.165) is 5.56 Å². The van der Waals surface area contributed by atoms with Gasteiger partial charge >= 0.3 is 0 Å². The minimum atomic E-state index is -3.64. The number of benzene rings is 2. The molecular weight excluding hydrogens is 416 g/mol. The van der Waals surface area contributed by atoms with Gasteiger partial charge in [0.1, 0.15) is 11.6 Å². The number of methoxy groups -OCH3 is 1. The van der Waals surface area contributed by atoms with Crippen molar-refractivity contribution in [3.05, 3.63) is 78.0 Å². The lowest BCUT2D eigenvalue weighted by Crippen LogP contribution is -2.35. The number of amides is 1. The molecule has 1 amide bonds. The van der Waals surface area contributed by atoms with Gasteiger partial charge in [-0.05, 0) is 43.3 Å². The number of aromatic nitrogens is 1. The predicted molar refractivity (Wildman–Crippen MR) is 119 cm³/mol. The third kappa shape index (κ3) is 5.80. The van der Waals surface area contributed by atoms with Crippen molar-refractivity contribution >= 4 is 27.4 Å². The fourth-order valence-electron chi connectivity index (χ4n) is 2.82. The van der Waals surface area contributed by atoms with Crippen LogP contribution in [0.1, 0.15) is 15.9 Å². The van der Waals surface area contributed by atoms with Crippen LogP contribution in [0.25, 0.3) is 0 Å². The summed E-state index contributed by atoms with van der Waals surface area (Å²) >= 11 is 0. The van der Waals surface area contributed by atoms with E-state index >= 15 is 0 Å². The lowest BCUT2D eigenvalue weighted by molar-refractivity contribution is 0.0955. The van der Waals surface area contributed by atoms with Gasteiger partial charge in [0.15, 0.2) is 0 Å². The largest absolute Gasteiger partial charge is 0.495 e. The average Bonchev–Trinajstić information content (AvgIpc) is 2.77. The van der Waals surface area contributed by atoms with Crippen LogP contribution < -0.4 is 20.1 Å². The lowest BCUT2D eigenvalue weighted by atomic mass is 10.2. The summed E-state index contributed by atoms with van der Waals surface area (Å²) in [7, 11) is -2.08. The van der Waals surface area contributed by atoms with E-state index in [-0.39, 0.29) is 23.9 Å². The van der Waals surface area contributed by atoms with Crippen molar-refractivity contribution in [1.82, 2.24) is 15.0 Å². The molecule has 0 unspecified atom stereocenters. The van der Waals surface area contributed by atoms with Crippen molar-refractivity contribution < 1.29 is 17.9 Å². The molecule has 3 N–H and O–H groups in total. The molecule has 1 heterocycles. The number of nitrogens with zero attached hydrogens (tertiary/aromatic N) is 1. The first-order valence-electron chi connectivity index (χ1n) is 9.60. The minimum Gasteiger partial charge on any atom is -0.495 e. The molecule has 162 valence electrons. The van der Waals surface area contributed by atoms with Crippen LogP contribution in [-0.2, 0) is 10.0 Å². The number of anilines is 2. The molecule has 1 aromatic heterocycles. The quantitative estimate of drug-likeness (QED) is 0.442. The Kier molecular flexibility index (Phi) is 7.22.